The Hall–Kier alpha value is -2.18. The van der Waals surface area contributed by atoms with Gasteiger partial charge in [-0.3, -0.25) is 0 Å². The molecule has 0 radical (unpaired) electrons. The van der Waals surface area contributed by atoms with Crippen molar-refractivity contribution in [3.8, 4) is 11.6 Å². The highest BCUT2D eigenvalue weighted by atomic mass is 16.5. The van der Waals surface area contributed by atoms with Crippen molar-refractivity contribution in [2.45, 2.75) is 20.5 Å². The number of hydrogen-bond donors (Lipinski definition) is 2. The van der Waals surface area contributed by atoms with E-state index in [-0.39, 0.29) is 0 Å². The summed E-state index contributed by atoms with van der Waals surface area (Å²) >= 11 is 0. The van der Waals surface area contributed by atoms with Crippen molar-refractivity contribution in [1.82, 2.24) is 9.97 Å². The molecule has 3 N–H and O–H groups in total. The van der Waals surface area contributed by atoms with Gasteiger partial charge in [-0.15, -0.1) is 0 Å². The zero-order valence-electron chi connectivity index (χ0n) is 11.6. The largest absolute Gasteiger partial charge is 0.439 e. The second-order valence-corrected chi connectivity index (χ2v) is 4.21. The van der Waals surface area contributed by atoms with Crippen LogP contribution in [0.3, 0.4) is 0 Å². The Bertz CT molecular complexity index is 575. The molecule has 0 aliphatic carbocycles. The molecule has 0 amide bonds. The smallest absolute Gasteiger partial charge is 0.224 e. The average molecular weight is 274 g/mol. The number of aryl methyl sites for hydroxylation is 1. The Morgan fingerprint density at radius 3 is 2.80 bits per heavy atom. The maximum Gasteiger partial charge on any atom is 0.224 e. The summed E-state index contributed by atoms with van der Waals surface area (Å²) in [5, 5.41) is 0. The van der Waals surface area contributed by atoms with Gasteiger partial charge in [-0.05, 0) is 31.5 Å². The Kier molecular flexibility index (Phi) is 4.86. The maximum atomic E-state index is 5.72. The van der Waals surface area contributed by atoms with E-state index in [1.165, 1.54) is 0 Å². The van der Waals surface area contributed by atoms with Crippen LogP contribution in [-0.4, -0.2) is 16.6 Å². The zero-order chi connectivity index (χ0) is 14.4. The number of aromatic nitrogens is 2. The second kappa shape index (κ2) is 6.83. The predicted molar refractivity (Wildman–Crippen MR) is 76.4 cm³/mol. The van der Waals surface area contributed by atoms with Crippen molar-refractivity contribution >= 4 is 5.82 Å². The van der Waals surface area contributed by atoms with Crippen LogP contribution in [0.5, 0.6) is 11.6 Å². The van der Waals surface area contributed by atoms with Gasteiger partial charge in [-0.1, -0.05) is 12.1 Å². The fourth-order valence-corrected chi connectivity index (χ4v) is 1.66. The molecule has 20 heavy (non-hydrogen) atoms. The van der Waals surface area contributed by atoms with E-state index in [0.29, 0.717) is 36.5 Å². The minimum absolute atomic E-state index is 0.316. The fourth-order valence-electron chi connectivity index (χ4n) is 1.66. The quantitative estimate of drug-likeness (QED) is 0.621. The van der Waals surface area contributed by atoms with Crippen molar-refractivity contribution in [2.75, 3.05) is 12.0 Å². The Morgan fingerprint density at radius 2 is 2.10 bits per heavy atom. The first-order valence-corrected chi connectivity index (χ1v) is 6.38. The van der Waals surface area contributed by atoms with Crippen molar-refractivity contribution in [3.05, 3.63) is 41.7 Å². The lowest BCUT2D eigenvalue weighted by Gasteiger charge is -2.09. The van der Waals surface area contributed by atoms with Crippen LogP contribution in [0.25, 0.3) is 0 Å². The number of nitrogen functional groups attached to an aromatic ring is 1. The number of hydrogen-bond acceptors (Lipinski definition) is 6. The second-order valence-electron chi connectivity index (χ2n) is 4.21. The van der Waals surface area contributed by atoms with E-state index in [0.717, 1.165) is 5.56 Å². The molecule has 0 aliphatic rings. The number of benzene rings is 1. The zero-order valence-corrected chi connectivity index (χ0v) is 11.6. The first-order valence-electron chi connectivity index (χ1n) is 6.38. The summed E-state index contributed by atoms with van der Waals surface area (Å²) in [6, 6.07) is 9.36. The first-order chi connectivity index (χ1) is 9.71. The van der Waals surface area contributed by atoms with E-state index >= 15 is 0 Å². The van der Waals surface area contributed by atoms with Crippen LogP contribution in [0.15, 0.2) is 30.3 Å². The lowest BCUT2D eigenvalue weighted by atomic mass is 10.2. The van der Waals surface area contributed by atoms with Gasteiger partial charge in [0.15, 0.2) is 5.82 Å². The minimum Gasteiger partial charge on any atom is -0.439 e. The van der Waals surface area contributed by atoms with E-state index in [1.54, 1.807) is 6.07 Å². The molecule has 2 aromatic rings. The van der Waals surface area contributed by atoms with Crippen LogP contribution >= 0.6 is 0 Å². The van der Waals surface area contributed by atoms with Crippen molar-refractivity contribution < 1.29 is 9.47 Å². The van der Waals surface area contributed by atoms with Crippen LogP contribution in [0, 0.1) is 6.92 Å². The average Bonchev–Trinajstić information content (AvgIpc) is 2.45. The number of hydrazine groups is 1. The summed E-state index contributed by atoms with van der Waals surface area (Å²) in [4.78, 5) is 8.49. The molecule has 0 aliphatic heterocycles. The van der Waals surface area contributed by atoms with E-state index < -0.39 is 0 Å². The topological polar surface area (TPSA) is 82.3 Å². The Labute approximate surface area is 117 Å². The van der Waals surface area contributed by atoms with Gasteiger partial charge in [0.1, 0.15) is 18.2 Å². The minimum atomic E-state index is 0.316. The molecule has 0 saturated heterocycles. The van der Waals surface area contributed by atoms with Crippen LogP contribution in [-0.2, 0) is 11.3 Å². The van der Waals surface area contributed by atoms with E-state index in [4.69, 9.17) is 15.3 Å². The van der Waals surface area contributed by atoms with Crippen LogP contribution in [0.4, 0.5) is 5.82 Å². The summed E-state index contributed by atoms with van der Waals surface area (Å²) < 4.78 is 11.0. The van der Waals surface area contributed by atoms with Crippen LogP contribution < -0.4 is 16.0 Å². The monoisotopic (exact) mass is 274 g/mol. The third-order valence-corrected chi connectivity index (χ3v) is 2.54. The van der Waals surface area contributed by atoms with Gasteiger partial charge in [-0.25, -0.2) is 10.8 Å². The van der Waals surface area contributed by atoms with Crippen molar-refractivity contribution in [2.24, 2.45) is 5.84 Å². The summed E-state index contributed by atoms with van der Waals surface area (Å²) in [6.07, 6.45) is 0. The lowest BCUT2D eigenvalue weighted by molar-refractivity contribution is 0.128. The number of nitrogens with two attached hydrogens (primary N) is 1. The molecule has 0 atom stereocenters. The number of anilines is 1. The standard InChI is InChI=1S/C14H18N4O2/c1-3-19-9-13-16-12(18-15)8-14(17-13)20-11-6-4-5-10(2)7-11/h4-8H,3,9,15H2,1-2H3,(H,16,17,18). The molecule has 1 heterocycles. The molecule has 0 unspecified atom stereocenters. The van der Waals surface area contributed by atoms with Gasteiger partial charge in [0, 0.05) is 12.7 Å². The highest BCUT2D eigenvalue weighted by molar-refractivity contribution is 5.39. The molecule has 0 bridgehead atoms. The highest BCUT2D eigenvalue weighted by Crippen LogP contribution is 2.22. The molecule has 0 saturated carbocycles. The maximum absolute atomic E-state index is 5.72. The molecule has 0 fully saturated rings. The van der Waals surface area contributed by atoms with Crippen molar-refractivity contribution in [1.29, 1.82) is 0 Å². The molecular weight excluding hydrogens is 256 g/mol. The summed E-state index contributed by atoms with van der Waals surface area (Å²) in [6.45, 7) is 4.82. The normalized spacial score (nSPS) is 10.3. The number of ether oxygens (including phenoxy) is 2. The van der Waals surface area contributed by atoms with Gasteiger partial charge < -0.3 is 14.9 Å². The van der Waals surface area contributed by atoms with Gasteiger partial charge in [0.25, 0.3) is 0 Å². The van der Waals surface area contributed by atoms with Crippen molar-refractivity contribution in [3.63, 3.8) is 0 Å². The number of nitrogens with one attached hydrogen (secondary N) is 1. The molecule has 6 heteroatoms. The Morgan fingerprint density at radius 1 is 1.25 bits per heavy atom. The van der Waals surface area contributed by atoms with E-state index in [1.807, 2.05) is 38.1 Å². The summed E-state index contributed by atoms with van der Waals surface area (Å²) in [5.41, 5.74) is 3.61. The van der Waals surface area contributed by atoms with Gasteiger partial charge in [0.05, 0.1) is 0 Å². The molecular formula is C14H18N4O2. The predicted octanol–water partition coefficient (Wildman–Crippen LogP) is 2.40. The summed E-state index contributed by atoms with van der Waals surface area (Å²) in [5.74, 6) is 7.54. The summed E-state index contributed by atoms with van der Waals surface area (Å²) in [7, 11) is 0. The Balaban J connectivity index is 2.21. The fraction of sp³-hybridized carbons (Fsp3) is 0.286. The molecule has 1 aromatic heterocycles. The lowest BCUT2D eigenvalue weighted by Crippen LogP contribution is -2.11. The van der Waals surface area contributed by atoms with Crippen LogP contribution in [0.2, 0.25) is 0 Å². The third kappa shape index (κ3) is 3.91. The van der Waals surface area contributed by atoms with Gasteiger partial charge in [0.2, 0.25) is 5.88 Å². The van der Waals surface area contributed by atoms with Gasteiger partial charge >= 0.3 is 0 Å². The number of nitrogens with zero attached hydrogens (tertiary/aromatic N) is 2. The number of rotatable bonds is 6. The first kappa shape index (κ1) is 14.2. The SMILES string of the molecule is CCOCc1nc(NN)cc(Oc2cccc(C)c2)n1. The molecule has 106 valence electrons. The molecule has 1 aromatic carbocycles. The molecule has 2 rings (SSSR count). The molecule has 6 nitrogen and oxygen atoms in total. The van der Waals surface area contributed by atoms with Gasteiger partial charge in [-0.2, -0.15) is 4.98 Å². The third-order valence-electron chi connectivity index (χ3n) is 2.54. The molecule has 0 spiro atoms. The van der Waals surface area contributed by atoms with E-state index in [9.17, 15) is 0 Å². The highest BCUT2D eigenvalue weighted by Gasteiger charge is 2.06. The van der Waals surface area contributed by atoms with Crippen LogP contribution in [0.1, 0.15) is 18.3 Å². The van der Waals surface area contributed by atoms with E-state index in [2.05, 4.69) is 15.4 Å².